The highest BCUT2D eigenvalue weighted by Crippen LogP contribution is 2.50. The Morgan fingerprint density at radius 2 is 1.20 bits per heavy atom. The first-order chi connectivity index (χ1) is 31.8. The molecule has 4 aromatic heterocycles. The van der Waals surface area contributed by atoms with Crippen LogP contribution in [0.4, 0.5) is 11.4 Å². The molecule has 8 aromatic carbocycles. The third-order valence-corrected chi connectivity index (χ3v) is 17.9. The molecule has 0 saturated carbocycles. The predicted octanol–water partition coefficient (Wildman–Crippen LogP) is 16.2. The number of fused-ring (bicyclic) bond motifs is 15. The first-order valence-corrected chi connectivity index (χ1v) is 25.2. The lowest BCUT2D eigenvalue weighted by Crippen LogP contribution is -2.37. The van der Waals surface area contributed by atoms with Crippen LogP contribution in [-0.4, -0.2) is 11.8 Å². The Morgan fingerprint density at radius 1 is 0.561 bits per heavy atom. The van der Waals surface area contributed by atoms with Crippen molar-refractivity contribution in [3.05, 3.63) is 150 Å². The molecular weight excluding hydrogens is 840 g/mol. The minimum atomic E-state index is 0.0657. The number of benzene rings is 8. The predicted molar refractivity (Wildman–Crippen MR) is 289 cm³/mol. The van der Waals surface area contributed by atoms with Gasteiger partial charge in [-0.05, 0) is 130 Å². The summed E-state index contributed by atoms with van der Waals surface area (Å²) in [5.41, 5.74) is 17.4. The zero-order valence-electron chi connectivity index (χ0n) is 38.5. The summed E-state index contributed by atoms with van der Waals surface area (Å²) < 4.78 is 15.0. The van der Waals surface area contributed by atoms with Gasteiger partial charge in [0.15, 0.2) is 7.28 Å². The van der Waals surface area contributed by atoms with E-state index in [1.165, 1.54) is 119 Å². The maximum atomic E-state index is 7.02. The summed E-state index contributed by atoms with van der Waals surface area (Å²) in [7, 11) is 0.828. The molecule has 0 bridgehead atoms. The van der Waals surface area contributed by atoms with E-state index in [9.17, 15) is 0 Å². The molecule has 0 fully saturated rings. The maximum absolute atomic E-state index is 7.02. The van der Waals surface area contributed by atoms with Crippen LogP contribution in [0, 0.1) is 0 Å². The molecule has 0 unspecified atom stereocenters. The molecule has 2 aliphatic rings. The highest BCUT2D eigenvalue weighted by molar-refractivity contribution is 7.26. The van der Waals surface area contributed by atoms with Gasteiger partial charge in [-0.25, -0.2) is 0 Å². The van der Waals surface area contributed by atoms with Crippen molar-refractivity contribution in [3.8, 4) is 16.8 Å². The van der Waals surface area contributed by atoms with E-state index in [1.807, 2.05) is 22.7 Å². The first-order valence-electron chi connectivity index (χ1n) is 23.6. The quantitative estimate of drug-likeness (QED) is 0.179. The molecule has 0 saturated heterocycles. The van der Waals surface area contributed by atoms with Gasteiger partial charge < -0.3 is 14.3 Å². The lowest BCUT2D eigenvalue weighted by molar-refractivity contribution is 0.332. The second-order valence-corrected chi connectivity index (χ2v) is 23.8. The Bertz CT molecular complexity index is 4090. The molecule has 320 valence electrons. The second-order valence-electron chi connectivity index (χ2n) is 21.6. The van der Waals surface area contributed by atoms with Gasteiger partial charge in [0.1, 0.15) is 11.2 Å². The molecule has 5 heterocycles. The van der Waals surface area contributed by atoms with E-state index in [0.29, 0.717) is 0 Å². The maximum Gasteiger partial charge on any atom is 0.198 e. The molecule has 1 N–H and O–H groups in total. The van der Waals surface area contributed by atoms with E-state index in [2.05, 4.69) is 192 Å². The fourth-order valence-corrected chi connectivity index (χ4v) is 14.1. The largest absolute Gasteiger partial charge is 0.456 e. The van der Waals surface area contributed by atoms with Crippen molar-refractivity contribution in [3.63, 3.8) is 0 Å². The standard InChI is InChI=1S/C60H49BN2OS2/c1-58(2,3)32-16-18-33(19-17-32)62-47-25-41-40-24-44-45(60(6,7)23-22-59(44,4)5)30-51(40)64-50(41)28-38(47)36-20-21-37-39-29-54-42(34-12-8-10-14-52(34)65-54)26-48(39)63-49-27-43-35-13-9-11-15-53(35)66-55(43)31-46(49)61-56(36)57(37)63/h8-21,24-31,61-62H,22-23H2,1-7H3. The van der Waals surface area contributed by atoms with Gasteiger partial charge in [0.05, 0.1) is 5.52 Å². The summed E-state index contributed by atoms with van der Waals surface area (Å²) in [5.74, 6) is 0. The van der Waals surface area contributed by atoms with Crippen molar-refractivity contribution in [2.24, 2.45) is 0 Å². The van der Waals surface area contributed by atoms with Crippen LogP contribution in [0.5, 0.6) is 0 Å². The van der Waals surface area contributed by atoms with Crippen molar-refractivity contribution in [2.75, 3.05) is 5.32 Å². The molecule has 0 spiro atoms. The Labute approximate surface area is 392 Å². The zero-order chi connectivity index (χ0) is 44.6. The molecule has 12 aromatic rings. The third-order valence-electron chi connectivity index (χ3n) is 15.6. The lowest BCUT2D eigenvalue weighted by atomic mass is 9.59. The minimum Gasteiger partial charge on any atom is -0.456 e. The van der Waals surface area contributed by atoms with E-state index in [1.54, 1.807) is 0 Å². The van der Waals surface area contributed by atoms with E-state index < -0.39 is 0 Å². The summed E-state index contributed by atoms with van der Waals surface area (Å²) in [5, 5.41) is 14.3. The number of hydrogen-bond donors (Lipinski definition) is 1. The highest BCUT2D eigenvalue weighted by Gasteiger charge is 2.38. The van der Waals surface area contributed by atoms with E-state index in [4.69, 9.17) is 4.42 Å². The summed E-state index contributed by atoms with van der Waals surface area (Å²) in [4.78, 5) is 0. The fourth-order valence-electron chi connectivity index (χ4n) is 11.8. The SMILES string of the molecule is CC(C)(C)c1ccc(Nc2cc3c(cc2-c2ccc4c5cc6sc7ccccc7c6cc5n5c4c2Bc2cc4sc6ccccc6c4cc2-5)oc2cc4c(cc23)C(C)(C)CCC4(C)C)cc1. The number of thiophene rings is 2. The zero-order valence-corrected chi connectivity index (χ0v) is 40.1. The minimum absolute atomic E-state index is 0.0657. The molecule has 1 aliphatic carbocycles. The Hall–Kier alpha value is -6.34. The number of hydrogen-bond acceptors (Lipinski definition) is 4. The Balaban J connectivity index is 1.06. The van der Waals surface area contributed by atoms with Gasteiger partial charge >= 0.3 is 0 Å². The van der Waals surface area contributed by atoms with Crippen molar-refractivity contribution in [1.29, 1.82) is 0 Å². The van der Waals surface area contributed by atoms with Crippen LogP contribution >= 0.6 is 22.7 Å². The highest BCUT2D eigenvalue weighted by atomic mass is 32.1. The van der Waals surface area contributed by atoms with Gasteiger partial charge in [-0.3, -0.25) is 0 Å². The van der Waals surface area contributed by atoms with Crippen LogP contribution in [0.2, 0.25) is 0 Å². The van der Waals surface area contributed by atoms with Gasteiger partial charge in [-0.2, -0.15) is 0 Å². The molecule has 3 nitrogen and oxygen atoms in total. The molecule has 0 amide bonds. The number of nitrogens with zero attached hydrogens (tertiary/aromatic N) is 1. The van der Waals surface area contributed by atoms with Crippen molar-refractivity contribution in [1.82, 2.24) is 4.57 Å². The van der Waals surface area contributed by atoms with Crippen LogP contribution in [0.1, 0.15) is 78.0 Å². The van der Waals surface area contributed by atoms with E-state index >= 15 is 0 Å². The van der Waals surface area contributed by atoms with Gasteiger partial charge in [0, 0.05) is 90.0 Å². The molecule has 0 radical (unpaired) electrons. The normalized spacial score (nSPS) is 15.4. The molecular formula is C60H49BN2OS2. The van der Waals surface area contributed by atoms with Crippen molar-refractivity contribution in [2.45, 2.75) is 77.6 Å². The molecule has 1 aliphatic heterocycles. The number of nitrogens with one attached hydrogen (secondary N) is 1. The number of rotatable bonds is 3. The molecule has 14 rings (SSSR count). The van der Waals surface area contributed by atoms with Crippen molar-refractivity contribution >= 4 is 136 Å². The smallest absolute Gasteiger partial charge is 0.198 e. The summed E-state index contributed by atoms with van der Waals surface area (Å²) in [6, 6.07) is 51.1. The summed E-state index contributed by atoms with van der Waals surface area (Å²) in [6.45, 7) is 16.5. The van der Waals surface area contributed by atoms with Crippen LogP contribution in [0.3, 0.4) is 0 Å². The van der Waals surface area contributed by atoms with Crippen LogP contribution < -0.4 is 16.2 Å². The van der Waals surface area contributed by atoms with E-state index in [-0.39, 0.29) is 16.2 Å². The monoisotopic (exact) mass is 888 g/mol. The molecule has 66 heavy (non-hydrogen) atoms. The van der Waals surface area contributed by atoms with Gasteiger partial charge in [-0.15, -0.1) is 22.7 Å². The van der Waals surface area contributed by atoms with Crippen LogP contribution in [-0.2, 0) is 16.2 Å². The molecule has 6 heteroatoms. The number of furan rings is 1. The summed E-state index contributed by atoms with van der Waals surface area (Å²) in [6.07, 6.45) is 2.34. The van der Waals surface area contributed by atoms with Gasteiger partial charge in [0.25, 0.3) is 0 Å². The Morgan fingerprint density at radius 3 is 1.91 bits per heavy atom. The topological polar surface area (TPSA) is 30.1 Å². The van der Waals surface area contributed by atoms with Gasteiger partial charge in [0.2, 0.25) is 0 Å². The average molecular weight is 889 g/mol. The van der Waals surface area contributed by atoms with Crippen molar-refractivity contribution < 1.29 is 4.42 Å². The average Bonchev–Trinajstić information content (AvgIpc) is 4.05. The number of anilines is 2. The summed E-state index contributed by atoms with van der Waals surface area (Å²) >= 11 is 3.81. The number of aromatic nitrogens is 1. The van der Waals surface area contributed by atoms with E-state index in [0.717, 1.165) is 40.8 Å². The molecule has 0 atom stereocenters. The Kier molecular flexibility index (Phi) is 7.77. The lowest BCUT2D eigenvalue weighted by Gasteiger charge is -2.41. The first kappa shape index (κ1) is 38.9. The van der Waals surface area contributed by atoms with Crippen LogP contribution in [0.15, 0.2) is 138 Å². The van der Waals surface area contributed by atoms with Gasteiger partial charge in [-0.1, -0.05) is 115 Å². The second kappa shape index (κ2) is 13.2. The third kappa shape index (κ3) is 5.49. The van der Waals surface area contributed by atoms with Crippen LogP contribution in [0.25, 0.3) is 101 Å². The fraction of sp³-hybridized carbons (Fsp3) is 0.200.